The molecule has 0 aliphatic carbocycles. The van der Waals surface area contributed by atoms with E-state index in [1.165, 1.54) is 6.20 Å². The highest BCUT2D eigenvalue weighted by atomic mass is 35.5. The maximum Gasteiger partial charge on any atom is 0.352 e. The van der Waals surface area contributed by atoms with Gasteiger partial charge in [0.05, 0.1) is 22.5 Å². The van der Waals surface area contributed by atoms with Gasteiger partial charge in [0, 0.05) is 11.8 Å². The van der Waals surface area contributed by atoms with Crippen molar-refractivity contribution in [1.82, 2.24) is 9.97 Å². The molecular formula is C13H11ClN2O3. The number of nitrogens with one attached hydrogen (secondary N) is 1. The molecule has 0 radical (unpaired) electrons. The van der Waals surface area contributed by atoms with Gasteiger partial charge in [0.15, 0.2) is 0 Å². The molecule has 3 heterocycles. The predicted molar refractivity (Wildman–Crippen MR) is 69.6 cm³/mol. The van der Waals surface area contributed by atoms with Crippen LogP contribution < -0.4 is 4.74 Å². The molecule has 0 bridgehead atoms. The summed E-state index contributed by atoms with van der Waals surface area (Å²) in [4.78, 5) is 18.0. The van der Waals surface area contributed by atoms with Gasteiger partial charge in [-0.1, -0.05) is 11.6 Å². The van der Waals surface area contributed by atoms with Crippen LogP contribution in [0.25, 0.3) is 11.3 Å². The molecule has 98 valence electrons. The molecule has 1 aliphatic heterocycles. The average Bonchev–Trinajstić information content (AvgIpc) is 2.74. The summed E-state index contributed by atoms with van der Waals surface area (Å²) in [5.74, 6) is -0.472. The number of hydrogen-bond acceptors (Lipinski definition) is 3. The second-order valence-corrected chi connectivity index (χ2v) is 5.29. The van der Waals surface area contributed by atoms with Crippen molar-refractivity contribution in [3.8, 4) is 17.0 Å². The Morgan fingerprint density at radius 1 is 1.47 bits per heavy atom. The zero-order chi connectivity index (χ0) is 13.8. The predicted octanol–water partition coefficient (Wildman–Crippen LogP) is 3.06. The number of carbonyl (C=O) groups is 1. The summed E-state index contributed by atoms with van der Waals surface area (Å²) in [5.41, 5.74) is 1.57. The normalized spacial score (nSPS) is 15.3. The Morgan fingerprint density at radius 3 is 2.89 bits per heavy atom. The Hall–Kier alpha value is -2.01. The summed E-state index contributed by atoms with van der Waals surface area (Å²) >= 11 is 6.14. The van der Waals surface area contributed by atoms with Crippen LogP contribution in [0.15, 0.2) is 18.5 Å². The molecule has 19 heavy (non-hydrogen) atoms. The van der Waals surface area contributed by atoms with Crippen molar-refractivity contribution in [2.45, 2.75) is 19.4 Å². The molecule has 1 aliphatic rings. The van der Waals surface area contributed by atoms with E-state index in [1.807, 2.05) is 13.8 Å². The number of ether oxygens (including phenoxy) is 1. The molecule has 0 unspecified atom stereocenters. The minimum atomic E-state index is -1.02. The van der Waals surface area contributed by atoms with Crippen LogP contribution in [0.4, 0.5) is 0 Å². The number of aromatic nitrogens is 2. The highest BCUT2D eigenvalue weighted by Gasteiger charge is 2.36. The average molecular weight is 279 g/mol. The van der Waals surface area contributed by atoms with E-state index in [0.717, 1.165) is 5.56 Å². The first kappa shape index (κ1) is 12.0. The van der Waals surface area contributed by atoms with Crippen LogP contribution in [0.1, 0.15) is 29.9 Å². The maximum absolute atomic E-state index is 11.1. The lowest BCUT2D eigenvalue weighted by Crippen LogP contribution is -2.28. The third-order valence-electron chi connectivity index (χ3n) is 3.18. The lowest BCUT2D eigenvalue weighted by Gasteiger charge is -2.32. The molecule has 0 spiro atoms. The Balaban J connectivity index is 2.33. The number of hydrogen-bond donors (Lipinski definition) is 2. The molecule has 0 fully saturated rings. The molecule has 0 amide bonds. The first-order valence-corrected chi connectivity index (χ1v) is 6.07. The summed E-state index contributed by atoms with van der Waals surface area (Å²) in [6.45, 7) is 3.74. The van der Waals surface area contributed by atoms with Crippen LogP contribution in [0.5, 0.6) is 5.75 Å². The number of aromatic carboxylic acids is 1. The van der Waals surface area contributed by atoms with Gasteiger partial charge in [-0.15, -0.1) is 0 Å². The molecule has 0 atom stereocenters. The minimum Gasteiger partial charge on any atom is -0.481 e. The fourth-order valence-electron chi connectivity index (χ4n) is 2.31. The minimum absolute atomic E-state index is 0.113. The van der Waals surface area contributed by atoms with Crippen LogP contribution in [-0.4, -0.2) is 21.0 Å². The third-order valence-corrected chi connectivity index (χ3v) is 3.46. The van der Waals surface area contributed by atoms with Crippen LogP contribution in [-0.2, 0) is 5.60 Å². The fraction of sp³-hybridized carbons (Fsp3) is 0.231. The topological polar surface area (TPSA) is 75.2 Å². The van der Waals surface area contributed by atoms with Gasteiger partial charge in [0.25, 0.3) is 0 Å². The molecular weight excluding hydrogens is 268 g/mol. The largest absolute Gasteiger partial charge is 0.481 e. The van der Waals surface area contributed by atoms with Crippen molar-refractivity contribution in [2.75, 3.05) is 0 Å². The van der Waals surface area contributed by atoms with Crippen molar-refractivity contribution < 1.29 is 14.6 Å². The van der Waals surface area contributed by atoms with Gasteiger partial charge < -0.3 is 14.8 Å². The number of pyridine rings is 1. The zero-order valence-electron chi connectivity index (χ0n) is 10.3. The summed E-state index contributed by atoms with van der Waals surface area (Å²) in [6, 6.07) is 1.58. The van der Waals surface area contributed by atoms with E-state index in [1.54, 1.807) is 12.3 Å². The van der Waals surface area contributed by atoms with E-state index in [4.69, 9.17) is 21.4 Å². The van der Waals surface area contributed by atoms with E-state index >= 15 is 0 Å². The van der Waals surface area contributed by atoms with Gasteiger partial charge in [0.1, 0.15) is 17.0 Å². The van der Waals surface area contributed by atoms with Crippen LogP contribution >= 0.6 is 11.6 Å². The van der Waals surface area contributed by atoms with Gasteiger partial charge >= 0.3 is 5.97 Å². The molecule has 2 aromatic heterocycles. The Kier molecular flexibility index (Phi) is 2.37. The number of carboxylic acids is 1. The first-order chi connectivity index (χ1) is 8.90. The smallest absolute Gasteiger partial charge is 0.352 e. The van der Waals surface area contributed by atoms with Crippen molar-refractivity contribution in [3.63, 3.8) is 0 Å². The van der Waals surface area contributed by atoms with E-state index in [2.05, 4.69) is 9.97 Å². The number of rotatable bonds is 1. The summed E-state index contributed by atoms with van der Waals surface area (Å²) < 4.78 is 5.86. The lowest BCUT2D eigenvalue weighted by molar-refractivity contribution is 0.0691. The molecule has 5 nitrogen and oxygen atoms in total. The quantitative estimate of drug-likeness (QED) is 0.841. The zero-order valence-corrected chi connectivity index (χ0v) is 11.1. The SMILES string of the molecule is CC1(C)Oc2cncc(Cl)c2-c2[nH]c(C(=O)O)cc21. The number of halogens is 1. The fourth-order valence-corrected chi connectivity index (χ4v) is 2.55. The number of aromatic amines is 1. The number of carboxylic acid groups (broad SMARTS) is 1. The van der Waals surface area contributed by atoms with Gasteiger partial charge in [0.2, 0.25) is 0 Å². The van der Waals surface area contributed by atoms with E-state index in [0.29, 0.717) is 22.0 Å². The van der Waals surface area contributed by atoms with Crippen molar-refractivity contribution in [3.05, 3.63) is 34.7 Å². The monoisotopic (exact) mass is 278 g/mol. The summed E-state index contributed by atoms with van der Waals surface area (Å²) in [5, 5.41) is 9.53. The lowest BCUT2D eigenvalue weighted by atomic mass is 9.92. The van der Waals surface area contributed by atoms with Gasteiger partial charge in [-0.3, -0.25) is 4.98 Å². The molecule has 0 saturated heterocycles. The highest BCUT2D eigenvalue weighted by molar-refractivity contribution is 6.33. The van der Waals surface area contributed by atoms with Crippen molar-refractivity contribution in [2.24, 2.45) is 0 Å². The standard InChI is InChI=1S/C13H11ClN2O3/c1-13(2)6-3-8(12(17)18)16-11(6)10-7(14)4-15-5-9(10)19-13/h3-5,16H,1-2H3,(H,17,18). The third kappa shape index (κ3) is 1.69. The Labute approximate surface area is 114 Å². The number of H-pyrrole nitrogens is 1. The summed E-state index contributed by atoms with van der Waals surface area (Å²) in [7, 11) is 0. The molecule has 6 heteroatoms. The first-order valence-electron chi connectivity index (χ1n) is 5.70. The molecule has 0 aromatic carbocycles. The number of nitrogens with zero attached hydrogens (tertiary/aromatic N) is 1. The Bertz CT molecular complexity index is 691. The van der Waals surface area contributed by atoms with Crippen LogP contribution in [0, 0.1) is 0 Å². The molecule has 2 N–H and O–H groups in total. The second-order valence-electron chi connectivity index (χ2n) is 4.88. The van der Waals surface area contributed by atoms with Crippen molar-refractivity contribution in [1.29, 1.82) is 0 Å². The highest BCUT2D eigenvalue weighted by Crippen LogP contribution is 2.47. The molecule has 3 rings (SSSR count). The van der Waals surface area contributed by atoms with Gasteiger partial charge in [-0.05, 0) is 19.9 Å². The number of fused-ring (bicyclic) bond motifs is 3. The maximum atomic E-state index is 11.1. The van der Waals surface area contributed by atoms with E-state index in [9.17, 15) is 4.79 Å². The van der Waals surface area contributed by atoms with E-state index in [-0.39, 0.29) is 5.69 Å². The Morgan fingerprint density at radius 2 is 2.21 bits per heavy atom. The van der Waals surface area contributed by atoms with Crippen LogP contribution in [0.2, 0.25) is 5.02 Å². The van der Waals surface area contributed by atoms with E-state index < -0.39 is 11.6 Å². The molecule has 2 aromatic rings. The van der Waals surface area contributed by atoms with Gasteiger partial charge in [-0.25, -0.2) is 4.79 Å². The second kappa shape index (κ2) is 3.74. The summed E-state index contributed by atoms with van der Waals surface area (Å²) in [6.07, 6.45) is 3.08. The van der Waals surface area contributed by atoms with Crippen LogP contribution in [0.3, 0.4) is 0 Å². The van der Waals surface area contributed by atoms with Gasteiger partial charge in [-0.2, -0.15) is 0 Å². The van der Waals surface area contributed by atoms with Crippen molar-refractivity contribution >= 4 is 17.6 Å². The molecule has 0 saturated carbocycles.